The lowest BCUT2D eigenvalue weighted by Crippen LogP contribution is -2.58. The topological polar surface area (TPSA) is 153 Å². The predicted molar refractivity (Wildman–Crippen MR) is 121 cm³/mol. The van der Waals surface area contributed by atoms with Crippen molar-refractivity contribution in [2.45, 2.75) is 37.8 Å². The number of aryl methyl sites for hydroxylation is 1. The summed E-state index contributed by atoms with van der Waals surface area (Å²) in [6, 6.07) is 1.62. The maximum absolute atomic E-state index is 14.2. The van der Waals surface area contributed by atoms with E-state index in [0.29, 0.717) is 0 Å². The van der Waals surface area contributed by atoms with Gasteiger partial charge in [-0.05, 0) is 18.6 Å². The van der Waals surface area contributed by atoms with Crippen molar-refractivity contribution in [3.63, 3.8) is 0 Å². The van der Waals surface area contributed by atoms with E-state index in [4.69, 9.17) is 5.53 Å². The van der Waals surface area contributed by atoms with Crippen LogP contribution in [0.3, 0.4) is 0 Å². The summed E-state index contributed by atoms with van der Waals surface area (Å²) < 4.78 is 79.4. The minimum atomic E-state index is -4.54. The monoisotopic (exact) mass is 562 g/mol. The van der Waals surface area contributed by atoms with E-state index in [-0.39, 0.29) is 49.8 Å². The van der Waals surface area contributed by atoms with Gasteiger partial charge in [-0.15, -0.1) is 10.2 Å². The molecule has 1 aliphatic rings. The number of nitrogens with one attached hydrogen (secondary N) is 4. The van der Waals surface area contributed by atoms with Crippen LogP contribution in [0, 0.1) is 5.53 Å². The first-order chi connectivity index (χ1) is 18.3. The lowest BCUT2D eigenvalue weighted by Gasteiger charge is -2.37. The van der Waals surface area contributed by atoms with Crippen LogP contribution in [-0.4, -0.2) is 75.0 Å². The number of rotatable bonds is 13. The Morgan fingerprint density at radius 1 is 1.28 bits per heavy atom. The quantitative estimate of drug-likeness (QED) is 0.215. The lowest BCUT2D eigenvalue weighted by atomic mass is 10.1. The molecule has 2 aromatic rings. The van der Waals surface area contributed by atoms with Crippen molar-refractivity contribution in [1.82, 2.24) is 40.8 Å². The number of carbonyl (C=O) groups excluding carboxylic acids is 2. The zero-order chi connectivity index (χ0) is 28.6. The number of hydrogen-bond acceptors (Lipinski definition) is 9. The van der Waals surface area contributed by atoms with Gasteiger partial charge < -0.3 is 16.0 Å². The van der Waals surface area contributed by atoms with Gasteiger partial charge in [0.1, 0.15) is 6.17 Å². The maximum atomic E-state index is 14.2. The molecule has 0 aromatic carbocycles. The Hall–Kier alpha value is -4.09. The zero-order valence-electron chi connectivity index (χ0n) is 20.2. The van der Waals surface area contributed by atoms with Gasteiger partial charge in [-0.1, -0.05) is 5.21 Å². The summed E-state index contributed by atoms with van der Waals surface area (Å²) in [6.45, 7) is -1.83. The Kier molecular flexibility index (Phi) is 9.55. The van der Waals surface area contributed by atoms with Crippen molar-refractivity contribution >= 4 is 11.8 Å². The molecule has 0 saturated carbocycles. The number of likely N-dealkylation sites (tertiary alicyclic amines) is 1. The van der Waals surface area contributed by atoms with Gasteiger partial charge in [0.05, 0.1) is 43.6 Å². The fourth-order valence-corrected chi connectivity index (χ4v) is 3.38. The summed E-state index contributed by atoms with van der Waals surface area (Å²) in [7, 11) is 0. The van der Waals surface area contributed by atoms with Crippen molar-refractivity contribution in [2.75, 3.05) is 26.2 Å². The number of aromatic nitrogens is 4. The molecule has 39 heavy (non-hydrogen) atoms. The maximum Gasteiger partial charge on any atom is 0.416 e. The van der Waals surface area contributed by atoms with Gasteiger partial charge in [0.2, 0.25) is 5.91 Å². The molecule has 212 valence electrons. The Labute approximate surface area is 217 Å². The van der Waals surface area contributed by atoms with E-state index in [2.05, 4.69) is 36.4 Å². The second-order valence-corrected chi connectivity index (χ2v) is 8.57. The van der Waals surface area contributed by atoms with Gasteiger partial charge in [-0.2, -0.15) is 13.2 Å². The number of pyridine rings is 1. The predicted octanol–water partition coefficient (Wildman–Crippen LogP) is 1.84. The molecule has 4 N–H and O–H groups in total. The third-order valence-electron chi connectivity index (χ3n) is 5.26. The fourth-order valence-electron chi connectivity index (χ4n) is 3.38. The smallest absolute Gasteiger partial charge is 0.385 e. The summed E-state index contributed by atoms with van der Waals surface area (Å²) in [4.78, 5) is 29.0. The van der Waals surface area contributed by atoms with Crippen LogP contribution in [0.2, 0.25) is 0 Å². The molecule has 2 aromatic heterocycles. The molecule has 3 heterocycles. The van der Waals surface area contributed by atoms with Crippen LogP contribution >= 0.6 is 0 Å². The van der Waals surface area contributed by atoms with E-state index in [0.717, 1.165) is 24.5 Å². The summed E-state index contributed by atoms with van der Waals surface area (Å²) in [5.41, 5.74) is 6.03. The van der Waals surface area contributed by atoms with E-state index < -0.39 is 48.7 Å². The first-order valence-electron chi connectivity index (χ1n) is 11.4. The summed E-state index contributed by atoms with van der Waals surface area (Å²) in [5, 5.41) is 17.6. The largest absolute Gasteiger partial charge is 0.416 e. The van der Waals surface area contributed by atoms with E-state index in [1.54, 1.807) is 0 Å². The third kappa shape index (κ3) is 9.31. The van der Waals surface area contributed by atoms with E-state index in [9.17, 15) is 35.9 Å². The van der Waals surface area contributed by atoms with Crippen molar-refractivity contribution in [1.29, 1.82) is 5.53 Å². The minimum absolute atomic E-state index is 0.00544. The number of halogens is 6. The molecule has 1 unspecified atom stereocenters. The van der Waals surface area contributed by atoms with Crippen LogP contribution in [0.15, 0.2) is 41.7 Å². The zero-order valence-corrected chi connectivity index (χ0v) is 20.2. The van der Waals surface area contributed by atoms with Gasteiger partial charge in [0.15, 0.2) is 11.5 Å². The Morgan fingerprint density at radius 2 is 2.03 bits per heavy atom. The molecule has 3 rings (SSSR count). The molecule has 18 heteroatoms. The molecule has 12 nitrogen and oxygen atoms in total. The summed E-state index contributed by atoms with van der Waals surface area (Å²) in [6.07, 6.45) is -2.69. The first-order valence-corrected chi connectivity index (χ1v) is 11.4. The fraction of sp³-hybridized carbons (Fsp3) is 0.476. The molecule has 0 radical (unpaired) electrons. The summed E-state index contributed by atoms with van der Waals surface area (Å²) >= 11 is 0. The van der Waals surface area contributed by atoms with Gasteiger partial charge >= 0.3 is 6.18 Å². The Bertz CT molecular complexity index is 1190. The van der Waals surface area contributed by atoms with Gasteiger partial charge in [-0.25, -0.2) is 18.7 Å². The number of alkyl halides is 6. The van der Waals surface area contributed by atoms with Crippen LogP contribution in [0.5, 0.6) is 0 Å². The van der Waals surface area contributed by atoms with Crippen molar-refractivity contribution < 1.29 is 35.9 Å². The SMILES string of the molecule is N=N/C(=C\NCC(F)CCn1cc(C(=O)NCc2cc(C(F)(F)F)ccn2)nn1)NC(=O)CN1CC(F)(F)C1. The number of amides is 2. The van der Waals surface area contributed by atoms with Crippen LogP contribution < -0.4 is 16.0 Å². The van der Waals surface area contributed by atoms with Crippen molar-refractivity contribution in [2.24, 2.45) is 5.11 Å². The van der Waals surface area contributed by atoms with Crippen LogP contribution in [-0.2, 0) is 24.1 Å². The standard InChI is InChI=1S/C21H24F6N10O2/c22-14(6-29-8-17(33-28)32-18(38)10-36-11-20(23,24)12-36)2-4-37-9-16(34-35-37)19(39)31-7-15-5-13(1-3-30-15)21(25,26)27/h1,3,5,8-9,14,28-29H,2,4,6-7,10-12H2,(H,31,39)(H,32,38)/b17-8-,33-28?. The molecular formula is C21H24F6N10O2. The van der Waals surface area contributed by atoms with Gasteiger partial charge in [0.25, 0.3) is 11.8 Å². The number of nitrogens with zero attached hydrogens (tertiary/aromatic N) is 6. The van der Waals surface area contributed by atoms with E-state index >= 15 is 0 Å². The second kappa shape index (κ2) is 12.6. The van der Waals surface area contributed by atoms with E-state index in [1.807, 2.05) is 0 Å². The molecular weight excluding hydrogens is 538 g/mol. The Balaban J connectivity index is 1.37. The van der Waals surface area contributed by atoms with E-state index in [1.165, 1.54) is 15.8 Å². The highest BCUT2D eigenvalue weighted by molar-refractivity contribution is 5.91. The molecule has 0 bridgehead atoms. The first kappa shape index (κ1) is 29.5. The highest BCUT2D eigenvalue weighted by Crippen LogP contribution is 2.29. The van der Waals surface area contributed by atoms with Crippen LogP contribution in [0.25, 0.3) is 0 Å². The minimum Gasteiger partial charge on any atom is -0.385 e. The average molecular weight is 562 g/mol. The summed E-state index contributed by atoms with van der Waals surface area (Å²) in [5.74, 6) is -4.40. The van der Waals surface area contributed by atoms with Crippen LogP contribution in [0.4, 0.5) is 26.3 Å². The second-order valence-electron chi connectivity index (χ2n) is 8.57. The molecule has 1 fully saturated rings. The lowest BCUT2D eigenvalue weighted by molar-refractivity contribution is -0.143. The van der Waals surface area contributed by atoms with Crippen LogP contribution in [0.1, 0.15) is 28.2 Å². The van der Waals surface area contributed by atoms with Gasteiger partial charge in [0, 0.05) is 25.5 Å². The number of hydrogen-bond donors (Lipinski definition) is 4. The Morgan fingerprint density at radius 3 is 2.69 bits per heavy atom. The molecule has 1 saturated heterocycles. The molecule has 2 amide bonds. The van der Waals surface area contributed by atoms with Crippen molar-refractivity contribution in [3.05, 3.63) is 53.5 Å². The highest BCUT2D eigenvalue weighted by Gasteiger charge is 2.44. The third-order valence-corrected chi connectivity index (χ3v) is 5.26. The highest BCUT2D eigenvalue weighted by atomic mass is 19.4. The number of carbonyl (C=O) groups is 2. The van der Waals surface area contributed by atoms with Gasteiger partial charge in [-0.3, -0.25) is 24.2 Å². The molecule has 0 aliphatic carbocycles. The average Bonchev–Trinajstić information content (AvgIpc) is 3.33. The normalized spacial score (nSPS) is 16.2. The van der Waals surface area contributed by atoms with Crippen molar-refractivity contribution in [3.8, 4) is 0 Å². The molecule has 0 spiro atoms. The molecule has 1 aliphatic heterocycles. The molecule has 1 atom stereocenters.